The van der Waals surface area contributed by atoms with Crippen molar-refractivity contribution in [3.8, 4) is 11.5 Å². The van der Waals surface area contributed by atoms with Gasteiger partial charge in [0.2, 0.25) is 0 Å². The van der Waals surface area contributed by atoms with Crippen LogP contribution in [0.25, 0.3) is 0 Å². The molecule has 0 aliphatic heterocycles. The van der Waals surface area contributed by atoms with Crippen molar-refractivity contribution >= 4 is 0 Å². The Bertz CT molecular complexity index is 821. The van der Waals surface area contributed by atoms with Gasteiger partial charge in [-0.05, 0) is 67.0 Å². The maximum absolute atomic E-state index is 5.94. The molecule has 0 spiro atoms. The maximum atomic E-state index is 5.94. The summed E-state index contributed by atoms with van der Waals surface area (Å²) in [7, 11) is 3.36. The Kier molecular flexibility index (Phi) is 9.68. The normalized spacial score (nSPS) is 15.9. The van der Waals surface area contributed by atoms with Crippen molar-refractivity contribution in [1.29, 1.82) is 0 Å². The van der Waals surface area contributed by atoms with E-state index in [0.29, 0.717) is 19.1 Å². The first kappa shape index (κ1) is 23.1. The number of ether oxygens (including phenoxy) is 4. The molecule has 31 heavy (non-hydrogen) atoms. The Morgan fingerprint density at radius 3 is 1.94 bits per heavy atom. The first-order valence-corrected chi connectivity index (χ1v) is 11.1. The van der Waals surface area contributed by atoms with E-state index >= 15 is 0 Å². The minimum Gasteiger partial charge on any atom is -0.497 e. The summed E-state index contributed by atoms with van der Waals surface area (Å²) in [6.07, 6.45) is 11.2. The summed E-state index contributed by atoms with van der Waals surface area (Å²) in [6.45, 7) is 2.71. The zero-order valence-corrected chi connectivity index (χ0v) is 18.7. The summed E-state index contributed by atoms with van der Waals surface area (Å²) in [4.78, 5) is 0. The highest BCUT2D eigenvalue weighted by molar-refractivity contribution is 5.27. The predicted molar refractivity (Wildman–Crippen MR) is 124 cm³/mol. The van der Waals surface area contributed by atoms with Crippen LogP contribution in [0.4, 0.5) is 0 Å². The summed E-state index contributed by atoms with van der Waals surface area (Å²) in [5.74, 6) is 2.29. The second-order valence-corrected chi connectivity index (χ2v) is 7.73. The van der Waals surface area contributed by atoms with Gasteiger partial charge in [0, 0.05) is 0 Å². The third-order valence-electron chi connectivity index (χ3n) is 5.55. The van der Waals surface area contributed by atoms with Crippen LogP contribution in [0.1, 0.15) is 36.8 Å². The number of hydrogen-bond donors (Lipinski definition) is 0. The molecule has 4 nitrogen and oxygen atoms in total. The molecule has 2 aromatic carbocycles. The minimum atomic E-state index is 0.547. The molecule has 0 N–H and O–H groups in total. The van der Waals surface area contributed by atoms with E-state index in [0.717, 1.165) is 43.1 Å². The first-order valence-electron chi connectivity index (χ1n) is 11.1. The van der Waals surface area contributed by atoms with Gasteiger partial charge in [0.1, 0.15) is 11.5 Å². The molecule has 1 aliphatic carbocycles. The molecule has 1 unspecified atom stereocenters. The van der Waals surface area contributed by atoms with E-state index in [1.165, 1.54) is 24.0 Å². The van der Waals surface area contributed by atoms with Gasteiger partial charge in [0.15, 0.2) is 0 Å². The van der Waals surface area contributed by atoms with Gasteiger partial charge in [-0.2, -0.15) is 0 Å². The van der Waals surface area contributed by atoms with Crippen LogP contribution in [0.5, 0.6) is 11.5 Å². The third kappa shape index (κ3) is 7.89. The lowest BCUT2D eigenvalue weighted by Crippen LogP contribution is -2.04. The average molecular weight is 423 g/mol. The molecule has 0 saturated carbocycles. The zero-order chi connectivity index (χ0) is 21.7. The molecule has 0 heterocycles. The Morgan fingerprint density at radius 2 is 1.42 bits per heavy atom. The second-order valence-electron chi connectivity index (χ2n) is 7.73. The molecule has 0 saturated heterocycles. The fourth-order valence-corrected chi connectivity index (χ4v) is 3.72. The molecule has 0 amide bonds. The standard InChI is InChI=1S/C27H34O4/c1-28-26-13-9-22(10-14-26)20-30-18-5-8-25(24-6-3-4-7-24)17-19-31-21-23-11-15-27(29-2)16-12-23/h3,6,8-16,24H,4-5,7,17-21H2,1-2H3/b25-8-. The molecule has 3 rings (SSSR count). The number of methoxy groups -OCH3 is 2. The van der Waals surface area contributed by atoms with E-state index in [1.54, 1.807) is 14.2 Å². The van der Waals surface area contributed by atoms with E-state index in [-0.39, 0.29) is 0 Å². The topological polar surface area (TPSA) is 36.9 Å². The molecular weight excluding hydrogens is 388 g/mol. The quantitative estimate of drug-likeness (QED) is 0.288. The maximum Gasteiger partial charge on any atom is 0.118 e. The van der Waals surface area contributed by atoms with E-state index < -0.39 is 0 Å². The van der Waals surface area contributed by atoms with Gasteiger partial charge in [-0.15, -0.1) is 0 Å². The summed E-state index contributed by atoms with van der Waals surface area (Å²) < 4.78 is 22.2. The van der Waals surface area contributed by atoms with E-state index in [9.17, 15) is 0 Å². The van der Waals surface area contributed by atoms with E-state index in [1.807, 2.05) is 36.4 Å². The lowest BCUT2D eigenvalue weighted by atomic mass is 9.95. The smallest absolute Gasteiger partial charge is 0.118 e. The highest BCUT2D eigenvalue weighted by Gasteiger charge is 2.14. The van der Waals surface area contributed by atoms with Crippen LogP contribution in [0.3, 0.4) is 0 Å². The van der Waals surface area contributed by atoms with Crippen LogP contribution < -0.4 is 9.47 Å². The van der Waals surface area contributed by atoms with Crippen molar-refractivity contribution in [2.24, 2.45) is 5.92 Å². The van der Waals surface area contributed by atoms with Gasteiger partial charge >= 0.3 is 0 Å². The molecule has 0 fully saturated rings. The monoisotopic (exact) mass is 422 g/mol. The van der Waals surface area contributed by atoms with Crippen molar-refractivity contribution in [3.05, 3.63) is 83.5 Å². The number of rotatable bonds is 13. The molecule has 0 bridgehead atoms. The highest BCUT2D eigenvalue weighted by Crippen LogP contribution is 2.27. The van der Waals surface area contributed by atoms with Crippen molar-refractivity contribution < 1.29 is 18.9 Å². The molecule has 4 heteroatoms. The SMILES string of the molecule is COc1ccc(COCC/C=C(/CCOCc2ccc(OC)cc2)C2C=CCC2)cc1. The second kappa shape index (κ2) is 13.0. The molecule has 166 valence electrons. The fraction of sp³-hybridized carbons (Fsp3) is 0.407. The van der Waals surface area contributed by atoms with Gasteiger partial charge in [0.25, 0.3) is 0 Å². The summed E-state index contributed by atoms with van der Waals surface area (Å²) in [5.41, 5.74) is 3.80. The number of benzene rings is 2. The van der Waals surface area contributed by atoms with Crippen LogP contribution in [0.2, 0.25) is 0 Å². The van der Waals surface area contributed by atoms with Crippen LogP contribution in [-0.2, 0) is 22.7 Å². The van der Waals surface area contributed by atoms with Crippen molar-refractivity contribution in [2.45, 2.75) is 38.9 Å². The van der Waals surface area contributed by atoms with Crippen molar-refractivity contribution in [2.75, 3.05) is 27.4 Å². The fourth-order valence-electron chi connectivity index (χ4n) is 3.72. The van der Waals surface area contributed by atoms with Gasteiger partial charge in [-0.3, -0.25) is 0 Å². The third-order valence-corrected chi connectivity index (χ3v) is 5.55. The molecule has 1 aliphatic rings. The molecule has 1 atom stereocenters. The molecule has 0 aromatic heterocycles. The van der Waals surface area contributed by atoms with Crippen molar-refractivity contribution in [1.82, 2.24) is 0 Å². The van der Waals surface area contributed by atoms with Gasteiger partial charge in [0.05, 0.1) is 40.6 Å². The largest absolute Gasteiger partial charge is 0.497 e. The lowest BCUT2D eigenvalue weighted by Gasteiger charge is -2.14. The highest BCUT2D eigenvalue weighted by atomic mass is 16.5. The summed E-state index contributed by atoms with van der Waals surface area (Å²) >= 11 is 0. The number of hydrogen-bond acceptors (Lipinski definition) is 4. The van der Waals surface area contributed by atoms with Crippen molar-refractivity contribution in [3.63, 3.8) is 0 Å². The van der Waals surface area contributed by atoms with Gasteiger partial charge < -0.3 is 18.9 Å². The van der Waals surface area contributed by atoms with Crippen LogP contribution in [0.15, 0.2) is 72.3 Å². The van der Waals surface area contributed by atoms with Crippen LogP contribution in [-0.4, -0.2) is 27.4 Å². The Labute approximate surface area is 186 Å². The van der Waals surface area contributed by atoms with Crippen LogP contribution >= 0.6 is 0 Å². The number of allylic oxidation sites excluding steroid dienone is 2. The molecule has 2 aromatic rings. The zero-order valence-electron chi connectivity index (χ0n) is 18.7. The Morgan fingerprint density at radius 1 is 0.839 bits per heavy atom. The van der Waals surface area contributed by atoms with Gasteiger partial charge in [-0.25, -0.2) is 0 Å². The summed E-state index contributed by atoms with van der Waals surface area (Å²) in [6, 6.07) is 16.1. The van der Waals surface area contributed by atoms with E-state index in [4.69, 9.17) is 18.9 Å². The Hall–Kier alpha value is -2.56. The van der Waals surface area contributed by atoms with Crippen LogP contribution in [0, 0.1) is 5.92 Å². The van der Waals surface area contributed by atoms with Gasteiger partial charge in [-0.1, -0.05) is 48.1 Å². The lowest BCUT2D eigenvalue weighted by molar-refractivity contribution is 0.121. The summed E-state index contributed by atoms with van der Waals surface area (Å²) in [5, 5.41) is 0. The van der Waals surface area contributed by atoms with E-state index in [2.05, 4.69) is 30.4 Å². The predicted octanol–water partition coefficient (Wildman–Crippen LogP) is 6.11. The minimum absolute atomic E-state index is 0.547. The molecular formula is C27H34O4. The average Bonchev–Trinajstić information content (AvgIpc) is 3.36. The molecule has 0 radical (unpaired) electrons. The Balaban J connectivity index is 1.40. The first-order chi connectivity index (χ1) is 15.3.